The average Bonchev–Trinajstić information content (AvgIpc) is 3.62. The lowest BCUT2D eigenvalue weighted by molar-refractivity contribution is 0.265. The topological polar surface area (TPSA) is 12.5 Å². The second kappa shape index (κ2) is 10.9. The van der Waals surface area contributed by atoms with Crippen molar-refractivity contribution in [2.45, 2.75) is 44.1 Å². The molecule has 2 unspecified atom stereocenters. The van der Waals surface area contributed by atoms with Crippen LogP contribution in [0.3, 0.4) is 0 Å². The van der Waals surface area contributed by atoms with Gasteiger partial charge < -0.3 is 9.64 Å². The maximum atomic E-state index is 6.47. The molecule has 0 radical (unpaired) electrons. The molecule has 3 aliphatic carbocycles. The number of fused-ring (bicyclic) bond motifs is 6. The van der Waals surface area contributed by atoms with Crippen LogP contribution in [-0.2, 0) is 5.41 Å². The van der Waals surface area contributed by atoms with Crippen molar-refractivity contribution in [2.24, 2.45) is 0 Å². The fraction of sp³-hybridized carbons (Fsp3) is 0.156. The van der Waals surface area contributed by atoms with E-state index in [2.05, 4.69) is 170 Å². The summed E-state index contributed by atoms with van der Waals surface area (Å²) in [5.41, 5.74) is 15.3. The highest BCUT2D eigenvalue weighted by atomic mass is 16.5. The molecule has 0 spiro atoms. The third-order valence-corrected chi connectivity index (χ3v) is 10.5. The Labute approximate surface area is 277 Å². The van der Waals surface area contributed by atoms with Gasteiger partial charge in [-0.15, -0.1) is 0 Å². The van der Waals surface area contributed by atoms with Crippen LogP contribution in [0, 0.1) is 0 Å². The Morgan fingerprint density at radius 3 is 2.23 bits per heavy atom. The van der Waals surface area contributed by atoms with Crippen LogP contribution < -0.4 is 9.64 Å². The summed E-state index contributed by atoms with van der Waals surface area (Å²) in [7, 11) is 0. The van der Waals surface area contributed by atoms with Gasteiger partial charge in [-0.1, -0.05) is 129 Å². The van der Waals surface area contributed by atoms with Crippen LogP contribution in [0.5, 0.6) is 5.75 Å². The van der Waals surface area contributed by atoms with Crippen molar-refractivity contribution in [3.63, 3.8) is 0 Å². The minimum absolute atomic E-state index is 0.00869. The van der Waals surface area contributed by atoms with Crippen LogP contribution >= 0.6 is 0 Å². The van der Waals surface area contributed by atoms with Crippen LogP contribution in [-0.4, -0.2) is 6.10 Å². The summed E-state index contributed by atoms with van der Waals surface area (Å²) in [6.45, 7) is 4.73. The molecule has 1 aliphatic heterocycles. The highest BCUT2D eigenvalue weighted by Crippen LogP contribution is 2.52. The van der Waals surface area contributed by atoms with Crippen LogP contribution in [0.25, 0.3) is 22.3 Å². The van der Waals surface area contributed by atoms with Gasteiger partial charge in [-0.2, -0.15) is 0 Å². The first kappa shape index (κ1) is 27.9. The fourth-order valence-corrected chi connectivity index (χ4v) is 8.19. The number of rotatable bonds is 5. The summed E-state index contributed by atoms with van der Waals surface area (Å²) >= 11 is 0. The first-order valence-electron chi connectivity index (χ1n) is 16.8. The van der Waals surface area contributed by atoms with Crippen molar-refractivity contribution in [3.8, 4) is 28.0 Å². The predicted octanol–water partition coefficient (Wildman–Crippen LogP) is 11.4. The van der Waals surface area contributed by atoms with E-state index in [-0.39, 0.29) is 17.4 Å². The number of nitrogens with zero attached hydrogens (tertiary/aromatic N) is 1. The second-order valence-electron chi connectivity index (χ2n) is 13.5. The molecule has 0 saturated carbocycles. The van der Waals surface area contributed by atoms with Crippen LogP contribution in [0.2, 0.25) is 0 Å². The Morgan fingerprint density at radius 1 is 0.660 bits per heavy atom. The van der Waals surface area contributed by atoms with Gasteiger partial charge in [0.25, 0.3) is 0 Å². The molecule has 2 nitrogen and oxygen atoms in total. The lowest BCUT2D eigenvalue weighted by Crippen LogP contribution is -2.26. The molecule has 0 saturated heterocycles. The van der Waals surface area contributed by atoms with Crippen LogP contribution in [0.1, 0.15) is 49.3 Å². The van der Waals surface area contributed by atoms with Crippen molar-refractivity contribution >= 4 is 11.4 Å². The van der Waals surface area contributed by atoms with E-state index in [4.69, 9.17) is 4.74 Å². The normalized spacial score (nSPS) is 19.7. The zero-order chi connectivity index (χ0) is 31.5. The van der Waals surface area contributed by atoms with Gasteiger partial charge >= 0.3 is 0 Å². The number of hydrogen-bond donors (Lipinski definition) is 0. The molecule has 0 N–H and O–H groups in total. The third kappa shape index (κ3) is 4.47. The molecule has 9 rings (SSSR count). The standard InChI is InChI=1S/C45H37NO/c1-45(2)39-19-9-6-15-34(39)35-28-27-33(29-40(35)45)46(32-25-23-31(24-26-32)30-13-4-3-5-14-30)41-20-10-7-16-36(41)37-18-12-22-43-44(37)38-17-8-11-21-42(38)47-43/h3-6,8-9,11-29,43-44H,7,10H2,1-2H3. The van der Waals surface area contributed by atoms with E-state index < -0.39 is 0 Å². The van der Waals surface area contributed by atoms with Gasteiger partial charge in [0.2, 0.25) is 0 Å². The maximum Gasteiger partial charge on any atom is 0.128 e. The summed E-state index contributed by atoms with van der Waals surface area (Å²) in [6, 6.07) is 44.3. The van der Waals surface area contributed by atoms with E-state index in [1.807, 2.05) is 0 Å². The Hall–Kier alpha value is -5.34. The molecule has 1 heterocycles. The average molecular weight is 608 g/mol. The molecule has 0 amide bonds. The molecule has 2 heteroatoms. The van der Waals surface area contributed by atoms with E-state index in [1.165, 1.54) is 61.5 Å². The lowest BCUT2D eigenvalue weighted by Gasteiger charge is -2.35. The molecular formula is C45H37NO. The van der Waals surface area contributed by atoms with Crippen molar-refractivity contribution in [1.29, 1.82) is 0 Å². The van der Waals surface area contributed by atoms with E-state index >= 15 is 0 Å². The predicted molar refractivity (Wildman–Crippen MR) is 194 cm³/mol. The minimum Gasteiger partial charge on any atom is -0.485 e. The van der Waals surface area contributed by atoms with E-state index in [1.54, 1.807) is 0 Å². The first-order valence-corrected chi connectivity index (χ1v) is 16.8. The monoisotopic (exact) mass is 607 g/mol. The zero-order valence-corrected chi connectivity index (χ0v) is 26.9. The number of hydrogen-bond acceptors (Lipinski definition) is 2. The van der Waals surface area contributed by atoms with E-state index in [0.29, 0.717) is 0 Å². The number of allylic oxidation sites excluding steroid dienone is 5. The molecule has 0 aromatic heterocycles. The van der Waals surface area contributed by atoms with Crippen LogP contribution in [0.15, 0.2) is 169 Å². The van der Waals surface area contributed by atoms with Crippen molar-refractivity contribution in [1.82, 2.24) is 0 Å². The minimum atomic E-state index is -0.0841. The van der Waals surface area contributed by atoms with E-state index in [9.17, 15) is 0 Å². The van der Waals surface area contributed by atoms with Gasteiger partial charge in [-0.05, 0) is 93.8 Å². The molecule has 2 atom stereocenters. The van der Waals surface area contributed by atoms with Crippen LogP contribution in [0.4, 0.5) is 11.4 Å². The summed E-state index contributed by atoms with van der Waals surface area (Å²) in [5.74, 6) is 1.16. The molecule has 5 aromatic carbocycles. The molecule has 0 fully saturated rings. The Balaban J connectivity index is 1.19. The molecular weight excluding hydrogens is 571 g/mol. The highest BCUT2D eigenvalue weighted by Gasteiger charge is 2.40. The molecule has 228 valence electrons. The quantitative estimate of drug-likeness (QED) is 0.197. The molecule has 5 aromatic rings. The summed E-state index contributed by atoms with van der Waals surface area (Å²) in [5, 5.41) is 0. The summed E-state index contributed by atoms with van der Waals surface area (Å²) < 4.78 is 6.47. The molecule has 4 aliphatic rings. The summed E-state index contributed by atoms with van der Waals surface area (Å²) in [4.78, 5) is 2.50. The second-order valence-corrected chi connectivity index (χ2v) is 13.5. The fourth-order valence-electron chi connectivity index (χ4n) is 8.19. The van der Waals surface area contributed by atoms with Gasteiger partial charge in [-0.3, -0.25) is 0 Å². The molecule has 47 heavy (non-hydrogen) atoms. The smallest absolute Gasteiger partial charge is 0.128 e. The van der Waals surface area contributed by atoms with Crippen molar-refractivity contribution < 1.29 is 4.74 Å². The SMILES string of the molecule is CC1(C)c2ccccc2-c2ccc(N(C3=CCCC=C3C3=CC=CC4Oc5ccccc5C34)c3ccc(-c4ccccc4)cc3)cc21. The Kier molecular flexibility index (Phi) is 6.47. The van der Waals surface area contributed by atoms with Crippen molar-refractivity contribution in [3.05, 3.63) is 185 Å². The van der Waals surface area contributed by atoms with Gasteiger partial charge in [-0.25, -0.2) is 0 Å². The Bertz CT molecular complexity index is 2140. The first-order chi connectivity index (χ1) is 23.1. The van der Waals surface area contributed by atoms with Gasteiger partial charge in [0, 0.05) is 28.1 Å². The number of benzene rings is 5. The van der Waals surface area contributed by atoms with Gasteiger partial charge in [0.05, 0.1) is 5.92 Å². The largest absolute Gasteiger partial charge is 0.485 e. The highest BCUT2D eigenvalue weighted by molar-refractivity contribution is 5.85. The number of para-hydroxylation sites is 1. The maximum absolute atomic E-state index is 6.47. The molecule has 0 bridgehead atoms. The van der Waals surface area contributed by atoms with Gasteiger partial charge in [0.1, 0.15) is 11.9 Å². The number of ether oxygens (including phenoxy) is 1. The third-order valence-electron chi connectivity index (χ3n) is 10.5. The zero-order valence-electron chi connectivity index (χ0n) is 26.9. The number of anilines is 2. The van der Waals surface area contributed by atoms with E-state index in [0.717, 1.165) is 24.3 Å². The Morgan fingerprint density at radius 2 is 1.36 bits per heavy atom. The summed E-state index contributed by atoms with van der Waals surface area (Å²) in [6.07, 6.45) is 13.6. The van der Waals surface area contributed by atoms with Crippen molar-refractivity contribution in [2.75, 3.05) is 4.90 Å². The lowest BCUT2D eigenvalue weighted by atomic mass is 9.78. The van der Waals surface area contributed by atoms with Gasteiger partial charge in [0.15, 0.2) is 0 Å².